The first-order valence-corrected chi connectivity index (χ1v) is 8.11. The summed E-state index contributed by atoms with van der Waals surface area (Å²) in [4.78, 5) is 4.61. The third kappa shape index (κ3) is 3.62. The van der Waals surface area contributed by atoms with Crippen LogP contribution in [-0.4, -0.2) is 16.7 Å². The van der Waals surface area contributed by atoms with E-state index in [4.69, 9.17) is 4.42 Å². The van der Waals surface area contributed by atoms with Crippen LogP contribution in [0.5, 0.6) is 0 Å². The topological polar surface area (TPSA) is 58.3 Å². The van der Waals surface area contributed by atoms with Gasteiger partial charge in [-0.1, -0.05) is 30.3 Å². The molecule has 0 saturated heterocycles. The Morgan fingerprint density at radius 2 is 2.09 bits per heavy atom. The van der Waals surface area contributed by atoms with E-state index in [1.807, 2.05) is 24.3 Å². The molecule has 0 aliphatic carbocycles. The summed E-state index contributed by atoms with van der Waals surface area (Å²) in [6.07, 6.45) is 4.04. The van der Waals surface area contributed by atoms with E-state index in [1.54, 1.807) is 23.9 Å². The Labute approximate surface area is 133 Å². The molecule has 0 saturated carbocycles. The number of hydrogen-bond donors (Lipinski definition) is 2. The molecule has 5 heteroatoms. The number of furan rings is 1. The molecule has 3 rings (SSSR count). The van der Waals surface area contributed by atoms with Crippen LogP contribution in [0.3, 0.4) is 0 Å². The number of aliphatic hydroxyl groups excluding tert-OH is 1. The van der Waals surface area contributed by atoms with Gasteiger partial charge in [-0.15, -0.1) is 11.3 Å². The van der Waals surface area contributed by atoms with E-state index in [0.717, 1.165) is 16.3 Å². The summed E-state index contributed by atoms with van der Waals surface area (Å²) < 4.78 is 5.09. The predicted molar refractivity (Wildman–Crippen MR) is 87.5 cm³/mol. The SMILES string of the molecule is OCCC(NCc1csc(-c2ccoc2)n1)c1ccccc1. The Kier molecular flexibility index (Phi) is 5.00. The lowest BCUT2D eigenvalue weighted by Crippen LogP contribution is -2.22. The zero-order valence-corrected chi connectivity index (χ0v) is 12.9. The second kappa shape index (κ2) is 7.35. The third-order valence-corrected chi connectivity index (χ3v) is 4.41. The Bertz CT molecular complexity index is 680. The molecule has 1 unspecified atom stereocenters. The lowest BCUT2D eigenvalue weighted by Gasteiger charge is -2.17. The van der Waals surface area contributed by atoms with Crippen LogP contribution in [0.1, 0.15) is 23.7 Å². The molecule has 3 aromatic rings. The summed E-state index contributed by atoms with van der Waals surface area (Å²) in [7, 11) is 0. The molecule has 1 atom stereocenters. The van der Waals surface area contributed by atoms with Crippen LogP contribution in [0, 0.1) is 0 Å². The van der Waals surface area contributed by atoms with Crippen molar-refractivity contribution in [2.45, 2.75) is 19.0 Å². The number of aromatic nitrogens is 1. The van der Waals surface area contributed by atoms with Crippen molar-refractivity contribution in [3.8, 4) is 10.6 Å². The Morgan fingerprint density at radius 3 is 2.82 bits per heavy atom. The lowest BCUT2D eigenvalue weighted by atomic mass is 10.0. The number of rotatable bonds is 7. The monoisotopic (exact) mass is 314 g/mol. The fourth-order valence-electron chi connectivity index (χ4n) is 2.34. The highest BCUT2D eigenvalue weighted by Crippen LogP contribution is 2.24. The largest absolute Gasteiger partial charge is 0.472 e. The van der Waals surface area contributed by atoms with Crippen molar-refractivity contribution >= 4 is 11.3 Å². The highest BCUT2D eigenvalue weighted by atomic mass is 32.1. The number of benzene rings is 1. The van der Waals surface area contributed by atoms with Gasteiger partial charge in [0.05, 0.1) is 12.0 Å². The average molecular weight is 314 g/mol. The molecule has 22 heavy (non-hydrogen) atoms. The molecule has 2 N–H and O–H groups in total. The van der Waals surface area contributed by atoms with Crippen LogP contribution in [0.15, 0.2) is 58.7 Å². The second-order valence-corrected chi connectivity index (χ2v) is 5.87. The second-order valence-electron chi connectivity index (χ2n) is 5.01. The van der Waals surface area contributed by atoms with Crippen LogP contribution < -0.4 is 5.32 Å². The van der Waals surface area contributed by atoms with Crippen LogP contribution >= 0.6 is 11.3 Å². The van der Waals surface area contributed by atoms with E-state index in [1.165, 1.54) is 5.56 Å². The van der Waals surface area contributed by atoms with Gasteiger partial charge in [-0.3, -0.25) is 0 Å². The van der Waals surface area contributed by atoms with Crippen molar-refractivity contribution in [2.75, 3.05) is 6.61 Å². The smallest absolute Gasteiger partial charge is 0.126 e. The summed E-state index contributed by atoms with van der Waals surface area (Å²) in [5.41, 5.74) is 3.19. The molecule has 4 nitrogen and oxygen atoms in total. The minimum Gasteiger partial charge on any atom is -0.472 e. The van der Waals surface area contributed by atoms with Gasteiger partial charge in [0.25, 0.3) is 0 Å². The maximum Gasteiger partial charge on any atom is 0.126 e. The molecule has 0 aliphatic heterocycles. The molecule has 0 aliphatic rings. The standard InChI is InChI=1S/C17H18N2O2S/c20-8-6-16(13-4-2-1-3-5-13)18-10-15-12-22-17(19-15)14-7-9-21-11-14/h1-5,7,9,11-12,16,18,20H,6,8,10H2. The summed E-state index contributed by atoms with van der Waals surface area (Å²) in [5, 5.41) is 15.7. The zero-order valence-electron chi connectivity index (χ0n) is 12.1. The minimum atomic E-state index is 0.130. The molecule has 2 heterocycles. The maximum atomic E-state index is 9.26. The molecule has 0 fully saturated rings. The summed E-state index contributed by atoms with van der Waals surface area (Å²) in [6, 6.07) is 12.2. The fourth-order valence-corrected chi connectivity index (χ4v) is 3.14. The van der Waals surface area contributed by atoms with Crippen LogP contribution in [-0.2, 0) is 6.54 Å². The molecule has 2 aromatic heterocycles. The molecule has 0 bridgehead atoms. The minimum absolute atomic E-state index is 0.130. The van der Waals surface area contributed by atoms with E-state index in [0.29, 0.717) is 13.0 Å². The average Bonchev–Trinajstić information content (AvgIpc) is 3.23. The Hall–Kier alpha value is -1.95. The molecular weight excluding hydrogens is 296 g/mol. The van der Waals surface area contributed by atoms with Gasteiger partial charge in [-0.05, 0) is 18.1 Å². The number of thiazole rings is 1. The molecule has 0 radical (unpaired) electrons. The van der Waals surface area contributed by atoms with Gasteiger partial charge >= 0.3 is 0 Å². The first-order chi connectivity index (χ1) is 10.9. The lowest BCUT2D eigenvalue weighted by molar-refractivity contribution is 0.265. The van der Waals surface area contributed by atoms with Crippen LogP contribution in [0.4, 0.5) is 0 Å². The highest BCUT2D eigenvalue weighted by molar-refractivity contribution is 7.13. The first-order valence-electron chi connectivity index (χ1n) is 7.23. The first kappa shape index (κ1) is 15.0. The number of nitrogens with one attached hydrogen (secondary N) is 1. The predicted octanol–water partition coefficient (Wildman–Crippen LogP) is 3.62. The van der Waals surface area contributed by atoms with E-state index in [9.17, 15) is 5.11 Å². The fraction of sp³-hybridized carbons (Fsp3) is 0.235. The quantitative estimate of drug-likeness (QED) is 0.699. The van der Waals surface area contributed by atoms with Gasteiger partial charge < -0.3 is 14.8 Å². The highest BCUT2D eigenvalue weighted by Gasteiger charge is 2.11. The van der Waals surface area contributed by atoms with E-state index >= 15 is 0 Å². The molecule has 1 aromatic carbocycles. The number of aliphatic hydroxyl groups is 1. The van der Waals surface area contributed by atoms with E-state index in [-0.39, 0.29) is 12.6 Å². The van der Waals surface area contributed by atoms with Gasteiger partial charge in [-0.25, -0.2) is 4.98 Å². The maximum absolute atomic E-state index is 9.26. The van der Waals surface area contributed by atoms with Gasteiger partial charge in [-0.2, -0.15) is 0 Å². The van der Waals surface area contributed by atoms with Crippen LogP contribution in [0.25, 0.3) is 10.6 Å². The molecule has 114 valence electrons. The summed E-state index contributed by atoms with van der Waals surface area (Å²) in [6.45, 7) is 0.831. The number of nitrogens with zero attached hydrogens (tertiary/aromatic N) is 1. The van der Waals surface area contributed by atoms with Crippen molar-refractivity contribution in [3.05, 3.63) is 65.6 Å². The summed E-state index contributed by atoms with van der Waals surface area (Å²) in [5.74, 6) is 0. The van der Waals surface area contributed by atoms with Crippen LogP contribution in [0.2, 0.25) is 0 Å². The molecule has 0 amide bonds. The zero-order chi connectivity index (χ0) is 15.2. The van der Waals surface area contributed by atoms with E-state index < -0.39 is 0 Å². The molecular formula is C17H18N2O2S. The van der Waals surface area contributed by atoms with Gasteiger partial charge in [0.2, 0.25) is 0 Å². The molecule has 0 spiro atoms. The number of hydrogen-bond acceptors (Lipinski definition) is 5. The van der Waals surface area contributed by atoms with Crippen molar-refractivity contribution in [1.29, 1.82) is 0 Å². The Balaban J connectivity index is 1.65. The van der Waals surface area contributed by atoms with Crippen molar-refractivity contribution in [2.24, 2.45) is 0 Å². The Morgan fingerprint density at radius 1 is 1.23 bits per heavy atom. The summed E-state index contributed by atoms with van der Waals surface area (Å²) >= 11 is 1.61. The van der Waals surface area contributed by atoms with Gasteiger partial charge in [0.15, 0.2) is 0 Å². The van der Waals surface area contributed by atoms with Gasteiger partial charge in [0.1, 0.15) is 11.3 Å². The normalized spacial score (nSPS) is 12.4. The van der Waals surface area contributed by atoms with Gasteiger partial charge in [0, 0.05) is 30.1 Å². The van der Waals surface area contributed by atoms with Crippen molar-refractivity contribution in [1.82, 2.24) is 10.3 Å². The third-order valence-electron chi connectivity index (χ3n) is 3.47. The van der Waals surface area contributed by atoms with Crippen molar-refractivity contribution < 1.29 is 9.52 Å². The van der Waals surface area contributed by atoms with Crippen molar-refractivity contribution in [3.63, 3.8) is 0 Å². The van der Waals surface area contributed by atoms with E-state index in [2.05, 4.69) is 27.8 Å².